The molecule has 1 aromatic rings. The van der Waals surface area contributed by atoms with Crippen molar-refractivity contribution >= 4 is 29.4 Å². The quantitative estimate of drug-likeness (QED) is 0.750. The van der Waals surface area contributed by atoms with Crippen LogP contribution in [0.1, 0.15) is 58.6 Å². The smallest absolute Gasteiger partial charge is 0.325 e. The lowest BCUT2D eigenvalue weighted by Gasteiger charge is -2.43. The molecular weight excluding hydrogens is 378 g/mol. The van der Waals surface area contributed by atoms with Crippen molar-refractivity contribution < 1.29 is 14.4 Å². The van der Waals surface area contributed by atoms with Crippen molar-refractivity contribution in [3.05, 3.63) is 34.9 Å². The maximum Gasteiger partial charge on any atom is 0.325 e. The van der Waals surface area contributed by atoms with Gasteiger partial charge in [-0.3, -0.25) is 14.5 Å². The molecule has 1 aliphatic heterocycles. The molecule has 1 saturated heterocycles. The molecule has 7 heteroatoms. The fourth-order valence-corrected chi connectivity index (χ4v) is 5.14. The van der Waals surface area contributed by atoms with Gasteiger partial charge in [0, 0.05) is 5.02 Å². The number of rotatable bonds is 4. The highest BCUT2D eigenvalue weighted by molar-refractivity contribution is 6.30. The minimum absolute atomic E-state index is 0.0417. The van der Waals surface area contributed by atoms with Crippen molar-refractivity contribution in [1.82, 2.24) is 15.5 Å². The molecule has 3 atom stereocenters. The number of carbonyl (C=O) groups is 3. The summed E-state index contributed by atoms with van der Waals surface area (Å²) >= 11 is 6.00. The number of halogens is 1. The number of urea groups is 1. The van der Waals surface area contributed by atoms with E-state index in [0.717, 1.165) is 16.9 Å². The lowest BCUT2D eigenvalue weighted by atomic mass is 9.64. The molecule has 0 radical (unpaired) electrons. The van der Waals surface area contributed by atoms with Crippen molar-refractivity contribution in [2.24, 2.45) is 11.3 Å². The third-order valence-corrected chi connectivity index (χ3v) is 5.89. The van der Waals surface area contributed by atoms with E-state index in [9.17, 15) is 14.4 Å². The van der Waals surface area contributed by atoms with Gasteiger partial charge in [-0.05, 0) is 55.2 Å². The minimum Gasteiger partial charge on any atom is -0.348 e. The van der Waals surface area contributed by atoms with Gasteiger partial charge >= 0.3 is 6.03 Å². The van der Waals surface area contributed by atoms with Crippen molar-refractivity contribution in [3.63, 3.8) is 0 Å². The molecule has 0 unspecified atom stereocenters. The molecule has 152 valence electrons. The molecule has 1 aliphatic carbocycles. The molecule has 3 rings (SSSR count). The lowest BCUT2D eigenvalue weighted by Crippen LogP contribution is -2.54. The number of carbonyl (C=O) groups excluding carboxylic acids is 3. The molecule has 0 bridgehead atoms. The van der Waals surface area contributed by atoms with Crippen LogP contribution >= 0.6 is 11.6 Å². The first-order chi connectivity index (χ1) is 13.0. The molecule has 6 nitrogen and oxygen atoms in total. The van der Waals surface area contributed by atoms with Gasteiger partial charge in [-0.2, -0.15) is 0 Å². The molecule has 4 amide bonds. The summed E-state index contributed by atoms with van der Waals surface area (Å²) in [6.45, 7) is 7.89. The number of amides is 4. The minimum atomic E-state index is -0.892. The van der Waals surface area contributed by atoms with E-state index in [1.165, 1.54) is 0 Å². The first-order valence-corrected chi connectivity index (χ1v) is 10.1. The van der Waals surface area contributed by atoms with Gasteiger partial charge < -0.3 is 10.6 Å². The van der Waals surface area contributed by atoms with Crippen molar-refractivity contribution in [3.8, 4) is 0 Å². The van der Waals surface area contributed by atoms with Gasteiger partial charge in [0.25, 0.3) is 5.91 Å². The van der Waals surface area contributed by atoms with E-state index < -0.39 is 11.6 Å². The Morgan fingerprint density at radius 3 is 2.71 bits per heavy atom. The molecular formula is C21H28ClN3O3. The third-order valence-electron chi connectivity index (χ3n) is 5.65. The summed E-state index contributed by atoms with van der Waals surface area (Å²) in [5.74, 6) is -0.344. The fraction of sp³-hybridized carbons (Fsp3) is 0.571. The zero-order valence-corrected chi connectivity index (χ0v) is 17.6. The third kappa shape index (κ3) is 4.17. The van der Waals surface area contributed by atoms with Gasteiger partial charge in [0.1, 0.15) is 12.1 Å². The standard InChI is InChI=1S/C21H28ClN3O3/c1-13-9-20(3,4)12-21(10-13)18(27)25(19(28)24-21)11-17(26)23-14(2)15-6-5-7-16(22)8-15/h5-8,13-14H,9-12H2,1-4H3,(H,23,26)(H,24,28)/t13-,14+,21+/m0/s1. The first kappa shape index (κ1) is 20.6. The van der Waals surface area contributed by atoms with E-state index in [-0.39, 0.29) is 29.8 Å². The van der Waals surface area contributed by atoms with Crippen LogP contribution in [0.15, 0.2) is 24.3 Å². The molecule has 1 saturated carbocycles. The Labute approximate surface area is 171 Å². The Morgan fingerprint density at radius 1 is 1.36 bits per heavy atom. The highest BCUT2D eigenvalue weighted by Gasteiger charge is 2.56. The van der Waals surface area contributed by atoms with Gasteiger partial charge in [0.05, 0.1) is 6.04 Å². The topological polar surface area (TPSA) is 78.5 Å². The number of hydrogen-bond acceptors (Lipinski definition) is 3. The number of benzene rings is 1. The van der Waals surface area contributed by atoms with Crippen LogP contribution in [0.4, 0.5) is 4.79 Å². The molecule has 2 fully saturated rings. The average molecular weight is 406 g/mol. The van der Waals surface area contributed by atoms with Crippen LogP contribution in [0.25, 0.3) is 0 Å². The van der Waals surface area contributed by atoms with Crippen LogP contribution in [0.3, 0.4) is 0 Å². The Kier molecular flexibility index (Phi) is 5.45. The van der Waals surface area contributed by atoms with Gasteiger partial charge in [0.15, 0.2) is 0 Å². The molecule has 0 aromatic heterocycles. The van der Waals surface area contributed by atoms with Crippen LogP contribution in [-0.4, -0.2) is 34.8 Å². The summed E-state index contributed by atoms with van der Waals surface area (Å²) in [6, 6.07) is 6.45. The lowest BCUT2D eigenvalue weighted by molar-refractivity contribution is -0.137. The molecule has 1 spiro atoms. The van der Waals surface area contributed by atoms with Crippen LogP contribution in [-0.2, 0) is 9.59 Å². The van der Waals surface area contributed by atoms with Crippen LogP contribution in [0, 0.1) is 11.3 Å². The van der Waals surface area contributed by atoms with Crippen LogP contribution in [0.2, 0.25) is 5.02 Å². The predicted molar refractivity (Wildman–Crippen MR) is 108 cm³/mol. The maximum absolute atomic E-state index is 13.1. The molecule has 2 aliphatic rings. The summed E-state index contributed by atoms with van der Waals surface area (Å²) < 4.78 is 0. The van der Waals surface area contributed by atoms with Gasteiger partial charge in [-0.1, -0.05) is 44.5 Å². The van der Waals surface area contributed by atoms with E-state index in [1.54, 1.807) is 12.1 Å². The highest BCUT2D eigenvalue weighted by atomic mass is 35.5. The van der Waals surface area contributed by atoms with Gasteiger partial charge in [-0.25, -0.2) is 4.79 Å². The number of nitrogens with zero attached hydrogens (tertiary/aromatic N) is 1. The van der Waals surface area contributed by atoms with Crippen LogP contribution < -0.4 is 10.6 Å². The Balaban J connectivity index is 1.68. The Morgan fingerprint density at radius 2 is 2.07 bits per heavy atom. The van der Waals surface area contributed by atoms with E-state index in [0.29, 0.717) is 23.8 Å². The molecule has 1 aromatic carbocycles. The number of hydrogen-bond donors (Lipinski definition) is 2. The summed E-state index contributed by atoms with van der Waals surface area (Å²) in [6.07, 6.45) is 2.21. The average Bonchev–Trinajstić information content (AvgIpc) is 2.76. The zero-order chi connectivity index (χ0) is 20.7. The summed E-state index contributed by atoms with van der Waals surface area (Å²) in [7, 11) is 0. The van der Waals surface area contributed by atoms with Crippen molar-refractivity contribution in [1.29, 1.82) is 0 Å². The second-order valence-electron chi connectivity index (χ2n) is 9.10. The summed E-state index contributed by atoms with van der Waals surface area (Å²) in [4.78, 5) is 39.2. The summed E-state index contributed by atoms with van der Waals surface area (Å²) in [5, 5.41) is 6.32. The molecule has 28 heavy (non-hydrogen) atoms. The van der Waals surface area contributed by atoms with E-state index in [4.69, 9.17) is 11.6 Å². The van der Waals surface area contributed by atoms with Crippen LogP contribution in [0.5, 0.6) is 0 Å². The number of imide groups is 1. The van der Waals surface area contributed by atoms with Crippen molar-refractivity contribution in [2.75, 3.05) is 6.54 Å². The van der Waals surface area contributed by atoms with Gasteiger partial charge in [-0.15, -0.1) is 0 Å². The molecule has 1 heterocycles. The Bertz CT molecular complexity index is 810. The maximum atomic E-state index is 13.1. The van der Waals surface area contributed by atoms with E-state index >= 15 is 0 Å². The van der Waals surface area contributed by atoms with Crippen molar-refractivity contribution in [2.45, 2.75) is 58.5 Å². The summed E-state index contributed by atoms with van der Waals surface area (Å²) in [5.41, 5.74) is -0.0748. The number of nitrogens with one attached hydrogen (secondary N) is 2. The van der Waals surface area contributed by atoms with E-state index in [2.05, 4.69) is 31.4 Å². The second kappa shape index (κ2) is 7.39. The Hall–Kier alpha value is -2.08. The fourth-order valence-electron chi connectivity index (χ4n) is 4.94. The normalized spacial score (nSPS) is 27.6. The SMILES string of the molecule is C[C@H]1CC(C)(C)C[C@@]2(C1)NC(=O)N(CC(=O)N[C@H](C)c1cccc(Cl)c1)C2=O. The predicted octanol–water partition coefficient (Wildman–Crippen LogP) is 3.65. The largest absolute Gasteiger partial charge is 0.348 e. The van der Waals surface area contributed by atoms with E-state index in [1.807, 2.05) is 19.1 Å². The highest BCUT2D eigenvalue weighted by Crippen LogP contribution is 2.46. The first-order valence-electron chi connectivity index (χ1n) is 9.70. The second-order valence-corrected chi connectivity index (χ2v) is 9.54. The molecule has 2 N–H and O–H groups in total. The van der Waals surface area contributed by atoms with Gasteiger partial charge in [0.2, 0.25) is 5.91 Å². The zero-order valence-electron chi connectivity index (χ0n) is 16.8. The monoisotopic (exact) mass is 405 g/mol.